The van der Waals surface area contributed by atoms with Crippen molar-refractivity contribution >= 4 is 21.8 Å². The van der Waals surface area contributed by atoms with E-state index < -0.39 is 0 Å². The van der Waals surface area contributed by atoms with E-state index in [-0.39, 0.29) is 0 Å². The Bertz CT molecular complexity index is 1210. The number of aromatic amines is 2. The van der Waals surface area contributed by atoms with Gasteiger partial charge in [0.1, 0.15) is 0 Å². The molecule has 26 heavy (non-hydrogen) atoms. The van der Waals surface area contributed by atoms with Crippen LogP contribution in [0.25, 0.3) is 44.3 Å². The van der Waals surface area contributed by atoms with Crippen LogP contribution < -0.4 is 0 Å². The van der Waals surface area contributed by atoms with Gasteiger partial charge in [0.2, 0.25) is 0 Å². The number of rotatable bonds is 3. The molecule has 0 bridgehead atoms. The van der Waals surface area contributed by atoms with E-state index in [1.165, 1.54) is 33.0 Å². The maximum absolute atomic E-state index is 3.56. The fourth-order valence-corrected chi connectivity index (χ4v) is 3.63. The van der Waals surface area contributed by atoms with Crippen molar-refractivity contribution in [1.29, 1.82) is 0 Å². The first-order valence-corrected chi connectivity index (χ1v) is 9.10. The summed E-state index contributed by atoms with van der Waals surface area (Å²) in [6.45, 7) is 2.19. The molecule has 2 N–H and O–H groups in total. The summed E-state index contributed by atoms with van der Waals surface area (Å²) in [5, 5.41) is 2.48. The summed E-state index contributed by atoms with van der Waals surface area (Å²) in [5.74, 6) is 0. The van der Waals surface area contributed by atoms with Crippen LogP contribution in [0.5, 0.6) is 0 Å². The van der Waals surface area contributed by atoms with Gasteiger partial charge in [-0.25, -0.2) is 0 Å². The van der Waals surface area contributed by atoms with E-state index in [0.717, 1.165) is 23.3 Å². The Balaban J connectivity index is 1.59. The second kappa shape index (κ2) is 5.92. The molecule has 0 saturated carbocycles. The molecule has 0 aliphatic carbocycles. The van der Waals surface area contributed by atoms with Crippen molar-refractivity contribution in [3.8, 4) is 22.5 Å². The SMILES string of the molecule is CCc1ccc2cc(-c3cc4cc(-c5ccccc5)ccc4[nH]3)[nH]c2c1. The van der Waals surface area contributed by atoms with Crippen molar-refractivity contribution in [2.24, 2.45) is 0 Å². The summed E-state index contributed by atoms with van der Waals surface area (Å²) in [6.07, 6.45) is 1.05. The topological polar surface area (TPSA) is 31.6 Å². The molecule has 0 amide bonds. The van der Waals surface area contributed by atoms with Crippen molar-refractivity contribution in [3.63, 3.8) is 0 Å². The van der Waals surface area contributed by atoms with Gasteiger partial charge >= 0.3 is 0 Å². The molecule has 5 rings (SSSR count). The first-order chi connectivity index (χ1) is 12.8. The Labute approximate surface area is 152 Å². The summed E-state index contributed by atoms with van der Waals surface area (Å²) < 4.78 is 0. The lowest BCUT2D eigenvalue weighted by Gasteiger charge is -2.00. The Kier molecular flexibility index (Phi) is 3.42. The minimum absolute atomic E-state index is 1.05. The zero-order chi connectivity index (χ0) is 17.5. The number of benzene rings is 3. The minimum Gasteiger partial charge on any atom is -0.353 e. The minimum atomic E-state index is 1.05. The van der Waals surface area contributed by atoms with Crippen LogP contribution >= 0.6 is 0 Å². The Morgan fingerprint density at radius 3 is 2.19 bits per heavy atom. The highest BCUT2D eigenvalue weighted by atomic mass is 14.8. The van der Waals surface area contributed by atoms with Gasteiger partial charge in [0.25, 0.3) is 0 Å². The molecule has 0 saturated heterocycles. The molecule has 0 aliphatic heterocycles. The Morgan fingerprint density at radius 1 is 0.615 bits per heavy atom. The molecule has 0 spiro atoms. The fraction of sp³-hybridized carbons (Fsp3) is 0.0833. The standard InChI is InChI=1S/C24H20N2/c1-2-16-8-9-19-14-23(26-22(19)12-16)24-15-20-13-18(10-11-21(20)25-24)17-6-4-3-5-7-17/h3-15,25-26H,2H2,1H3. The molecular formula is C24H20N2. The molecule has 5 aromatic rings. The second-order valence-electron chi connectivity index (χ2n) is 6.81. The molecule has 3 aromatic carbocycles. The molecule has 126 valence electrons. The van der Waals surface area contributed by atoms with Crippen LogP contribution in [0.1, 0.15) is 12.5 Å². The molecular weight excluding hydrogens is 316 g/mol. The fourth-order valence-electron chi connectivity index (χ4n) is 3.63. The van der Waals surface area contributed by atoms with E-state index >= 15 is 0 Å². The number of fused-ring (bicyclic) bond motifs is 2. The summed E-state index contributed by atoms with van der Waals surface area (Å²) >= 11 is 0. The van der Waals surface area contributed by atoms with E-state index in [9.17, 15) is 0 Å². The van der Waals surface area contributed by atoms with Crippen LogP contribution in [0.2, 0.25) is 0 Å². The van der Waals surface area contributed by atoms with Crippen LogP contribution in [0, 0.1) is 0 Å². The second-order valence-corrected chi connectivity index (χ2v) is 6.81. The number of hydrogen-bond donors (Lipinski definition) is 2. The van der Waals surface area contributed by atoms with Crippen molar-refractivity contribution in [1.82, 2.24) is 9.97 Å². The van der Waals surface area contributed by atoms with Crippen LogP contribution in [0.4, 0.5) is 0 Å². The maximum atomic E-state index is 3.56. The van der Waals surface area contributed by atoms with Crippen LogP contribution in [0.3, 0.4) is 0 Å². The maximum Gasteiger partial charge on any atom is 0.0630 e. The zero-order valence-corrected chi connectivity index (χ0v) is 14.7. The van der Waals surface area contributed by atoms with Gasteiger partial charge in [-0.15, -0.1) is 0 Å². The van der Waals surface area contributed by atoms with Gasteiger partial charge in [0, 0.05) is 21.8 Å². The van der Waals surface area contributed by atoms with Gasteiger partial charge < -0.3 is 9.97 Å². The number of aromatic nitrogens is 2. The Morgan fingerprint density at radius 2 is 1.38 bits per heavy atom. The molecule has 2 aromatic heterocycles. The first kappa shape index (κ1) is 15.0. The summed E-state index contributed by atoms with van der Waals surface area (Å²) in [5.41, 5.74) is 8.46. The third-order valence-electron chi connectivity index (χ3n) is 5.11. The van der Waals surface area contributed by atoms with Gasteiger partial charge in [0.15, 0.2) is 0 Å². The third kappa shape index (κ3) is 2.51. The van der Waals surface area contributed by atoms with Crippen molar-refractivity contribution in [2.45, 2.75) is 13.3 Å². The predicted molar refractivity (Wildman–Crippen MR) is 110 cm³/mol. The predicted octanol–water partition coefficient (Wildman–Crippen LogP) is 6.55. The summed E-state index contributed by atoms with van der Waals surface area (Å²) in [4.78, 5) is 7.11. The lowest BCUT2D eigenvalue weighted by molar-refractivity contribution is 1.14. The van der Waals surface area contributed by atoms with Crippen molar-refractivity contribution in [3.05, 3.63) is 84.4 Å². The smallest absolute Gasteiger partial charge is 0.0630 e. The van der Waals surface area contributed by atoms with Gasteiger partial charge in [0.05, 0.1) is 11.4 Å². The van der Waals surface area contributed by atoms with E-state index in [0.29, 0.717) is 0 Å². The van der Waals surface area contributed by atoms with Gasteiger partial charge in [-0.1, -0.05) is 55.5 Å². The molecule has 0 radical (unpaired) electrons. The van der Waals surface area contributed by atoms with Gasteiger partial charge in [-0.2, -0.15) is 0 Å². The highest BCUT2D eigenvalue weighted by molar-refractivity contribution is 5.92. The third-order valence-corrected chi connectivity index (χ3v) is 5.11. The molecule has 0 atom stereocenters. The normalized spacial score (nSPS) is 11.4. The number of aryl methyl sites for hydroxylation is 1. The monoisotopic (exact) mass is 336 g/mol. The lowest BCUT2D eigenvalue weighted by Crippen LogP contribution is -1.79. The number of nitrogens with one attached hydrogen (secondary N) is 2. The highest BCUT2D eigenvalue weighted by Crippen LogP contribution is 2.30. The summed E-state index contributed by atoms with van der Waals surface area (Å²) in [7, 11) is 0. The number of hydrogen-bond acceptors (Lipinski definition) is 0. The van der Waals surface area contributed by atoms with Gasteiger partial charge in [-0.05, 0) is 53.4 Å². The molecule has 2 heterocycles. The lowest BCUT2D eigenvalue weighted by atomic mass is 10.0. The molecule has 0 unspecified atom stereocenters. The largest absolute Gasteiger partial charge is 0.353 e. The first-order valence-electron chi connectivity index (χ1n) is 9.10. The van der Waals surface area contributed by atoms with E-state index in [4.69, 9.17) is 0 Å². The number of H-pyrrole nitrogens is 2. The van der Waals surface area contributed by atoms with Crippen LogP contribution in [-0.2, 0) is 6.42 Å². The van der Waals surface area contributed by atoms with Crippen molar-refractivity contribution in [2.75, 3.05) is 0 Å². The molecule has 2 heteroatoms. The van der Waals surface area contributed by atoms with E-state index in [2.05, 4.69) is 95.8 Å². The molecule has 0 aliphatic rings. The highest BCUT2D eigenvalue weighted by Gasteiger charge is 2.08. The average Bonchev–Trinajstić information content (AvgIpc) is 3.31. The van der Waals surface area contributed by atoms with Crippen molar-refractivity contribution < 1.29 is 0 Å². The van der Waals surface area contributed by atoms with Crippen LogP contribution in [-0.4, -0.2) is 9.97 Å². The van der Waals surface area contributed by atoms with E-state index in [1.807, 2.05) is 0 Å². The zero-order valence-electron chi connectivity index (χ0n) is 14.7. The van der Waals surface area contributed by atoms with E-state index in [1.54, 1.807) is 0 Å². The molecule has 0 fully saturated rings. The average molecular weight is 336 g/mol. The Hall–Kier alpha value is -3.26. The molecule has 2 nitrogen and oxygen atoms in total. The quantitative estimate of drug-likeness (QED) is 0.374. The van der Waals surface area contributed by atoms with Gasteiger partial charge in [-0.3, -0.25) is 0 Å². The van der Waals surface area contributed by atoms with Crippen LogP contribution in [0.15, 0.2) is 78.9 Å². The summed E-state index contributed by atoms with van der Waals surface area (Å²) in [6, 6.07) is 28.2.